The van der Waals surface area contributed by atoms with Crippen molar-refractivity contribution in [1.82, 2.24) is 5.32 Å². The first-order valence-corrected chi connectivity index (χ1v) is 5.50. The third kappa shape index (κ3) is 2.28. The minimum atomic E-state index is -4.09. The van der Waals surface area contributed by atoms with Gasteiger partial charge in [-0.15, -0.1) is 0 Å². The number of nitrogens with one attached hydrogen (secondary N) is 1. The molecule has 0 aliphatic heterocycles. The second-order valence-electron chi connectivity index (χ2n) is 4.90. The van der Waals surface area contributed by atoms with Gasteiger partial charge in [-0.3, -0.25) is 0 Å². The number of hydrogen-bond donors (Lipinski definition) is 2. The summed E-state index contributed by atoms with van der Waals surface area (Å²) in [5.74, 6) is 0.333. The Kier molecular flexibility index (Phi) is 2.71. The molecule has 2 atom stereocenters. The fourth-order valence-corrected chi connectivity index (χ4v) is 2.32. The maximum atomic E-state index is 12.6. The normalized spacial score (nSPS) is 34.4. The summed E-state index contributed by atoms with van der Waals surface area (Å²) in [5.41, 5.74) is 4.16. The number of hydrogen-bond acceptors (Lipinski definition) is 2. The van der Waals surface area contributed by atoms with Crippen molar-refractivity contribution in [2.24, 2.45) is 11.7 Å². The average Bonchev–Trinajstić information content (AvgIpc) is 2.82. The van der Waals surface area contributed by atoms with Crippen molar-refractivity contribution >= 4 is 0 Å². The number of alkyl halides is 3. The molecule has 0 aromatic carbocycles. The summed E-state index contributed by atoms with van der Waals surface area (Å²) in [6.07, 6.45) is -0.854. The van der Waals surface area contributed by atoms with Crippen LogP contribution in [0.5, 0.6) is 0 Å². The highest BCUT2D eigenvalue weighted by molar-refractivity contribution is 5.08. The van der Waals surface area contributed by atoms with Crippen molar-refractivity contribution in [3.63, 3.8) is 0 Å². The van der Waals surface area contributed by atoms with E-state index in [4.69, 9.17) is 5.73 Å². The lowest BCUT2D eigenvalue weighted by Gasteiger charge is -2.22. The molecule has 0 radical (unpaired) electrons. The zero-order valence-corrected chi connectivity index (χ0v) is 8.61. The van der Waals surface area contributed by atoms with Gasteiger partial charge >= 0.3 is 6.18 Å². The fourth-order valence-electron chi connectivity index (χ4n) is 2.32. The molecule has 15 heavy (non-hydrogen) atoms. The lowest BCUT2D eigenvalue weighted by Crippen LogP contribution is -2.46. The van der Waals surface area contributed by atoms with Crippen molar-refractivity contribution in [3.05, 3.63) is 0 Å². The second-order valence-corrected chi connectivity index (χ2v) is 4.90. The maximum absolute atomic E-state index is 12.6. The zero-order chi connectivity index (χ0) is 11.1. The SMILES string of the molecule is NC1CCC(CNC2(C(F)(F)F)CC2)C1. The van der Waals surface area contributed by atoms with Crippen molar-refractivity contribution in [3.8, 4) is 0 Å². The van der Waals surface area contributed by atoms with Crippen molar-refractivity contribution in [2.45, 2.75) is 49.9 Å². The van der Waals surface area contributed by atoms with E-state index in [1.54, 1.807) is 0 Å². The average molecular weight is 222 g/mol. The molecule has 2 rings (SSSR count). The number of halogens is 3. The van der Waals surface area contributed by atoms with Crippen molar-refractivity contribution in [1.29, 1.82) is 0 Å². The lowest BCUT2D eigenvalue weighted by molar-refractivity contribution is -0.166. The summed E-state index contributed by atoms with van der Waals surface area (Å²) in [4.78, 5) is 0. The molecule has 5 heteroatoms. The smallest absolute Gasteiger partial charge is 0.328 e. The van der Waals surface area contributed by atoms with Gasteiger partial charge in [-0.05, 0) is 44.6 Å². The van der Waals surface area contributed by atoms with Gasteiger partial charge in [0.25, 0.3) is 0 Å². The standard InChI is InChI=1S/C10H17F3N2/c11-10(12,13)9(3-4-9)15-6-7-1-2-8(14)5-7/h7-8,15H,1-6,14H2. The van der Waals surface area contributed by atoms with Crippen LogP contribution in [0.4, 0.5) is 13.2 Å². The summed E-state index contributed by atoms with van der Waals surface area (Å²) in [6.45, 7) is 0.465. The Balaban J connectivity index is 1.79. The van der Waals surface area contributed by atoms with Crippen LogP contribution in [-0.2, 0) is 0 Å². The molecular weight excluding hydrogens is 205 g/mol. The third-order valence-corrected chi connectivity index (χ3v) is 3.60. The van der Waals surface area contributed by atoms with E-state index in [2.05, 4.69) is 5.32 Å². The Labute approximate surface area is 87.4 Å². The second kappa shape index (κ2) is 3.63. The summed E-state index contributed by atoms with van der Waals surface area (Å²) in [7, 11) is 0. The van der Waals surface area contributed by atoms with E-state index in [1.165, 1.54) is 0 Å². The molecule has 0 saturated heterocycles. The van der Waals surface area contributed by atoms with Crippen LogP contribution < -0.4 is 11.1 Å². The molecule has 2 aliphatic carbocycles. The Bertz CT molecular complexity index is 235. The van der Waals surface area contributed by atoms with E-state index < -0.39 is 11.7 Å². The van der Waals surface area contributed by atoms with Gasteiger partial charge in [-0.25, -0.2) is 0 Å². The molecule has 2 unspecified atom stereocenters. The topological polar surface area (TPSA) is 38.0 Å². The Hall–Kier alpha value is -0.290. The predicted octanol–water partition coefficient (Wildman–Crippen LogP) is 1.80. The predicted molar refractivity (Wildman–Crippen MR) is 51.3 cm³/mol. The minimum absolute atomic E-state index is 0.192. The molecule has 0 aromatic heterocycles. The molecular formula is C10H17F3N2. The first kappa shape index (κ1) is 11.2. The molecule has 88 valence electrons. The molecule has 0 heterocycles. The summed E-state index contributed by atoms with van der Waals surface area (Å²) >= 11 is 0. The Morgan fingerprint density at radius 2 is 1.93 bits per heavy atom. The van der Waals surface area contributed by atoms with Crippen LogP contribution in [0.15, 0.2) is 0 Å². The van der Waals surface area contributed by atoms with Gasteiger partial charge in [0.2, 0.25) is 0 Å². The van der Waals surface area contributed by atoms with Gasteiger partial charge < -0.3 is 11.1 Å². The molecule has 0 aromatic rings. The fraction of sp³-hybridized carbons (Fsp3) is 1.00. The quantitative estimate of drug-likeness (QED) is 0.764. The Morgan fingerprint density at radius 1 is 1.27 bits per heavy atom. The van der Waals surface area contributed by atoms with Gasteiger partial charge in [0, 0.05) is 6.04 Å². The summed E-state index contributed by atoms with van der Waals surface area (Å²) in [5, 5.41) is 2.69. The molecule has 3 N–H and O–H groups in total. The van der Waals surface area contributed by atoms with E-state index in [0.717, 1.165) is 19.3 Å². The molecule has 0 bridgehead atoms. The molecule has 2 aliphatic rings. The van der Waals surface area contributed by atoms with Gasteiger partial charge in [-0.1, -0.05) is 0 Å². The van der Waals surface area contributed by atoms with E-state index in [0.29, 0.717) is 12.5 Å². The molecule has 2 nitrogen and oxygen atoms in total. The Morgan fingerprint density at radius 3 is 2.33 bits per heavy atom. The molecule has 2 saturated carbocycles. The highest BCUT2D eigenvalue weighted by Gasteiger charge is 2.63. The van der Waals surface area contributed by atoms with E-state index in [9.17, 15) is 13.2 Å². The summed E-state index contributed by atoms with van der Waals surface area (Å²) in [6, 6.07) is 0.192. The largest absolute Gasteiger partial charge is 0.406 e. The van der Waals surface area contributed by atoms with E-state index in [-0.39, 0.29) is 18.9 Å². The van der Waals surface area contributed by atoms with Crippen molar-refractivity contribution < 1.29 is 13.2 Å². The minimum Gasteiger partial charge on any atom is -0.328 e. The summed E-state index contributed by atoms with van der Waals surface area (Å²) < 4.78 is 37.7. The molecule has 2 fully saturated rings. The first-order chi connectivity index (χ1) is 6.93. The van der Waals surface area contributed by atoms with Gasteiger partial charge in [0.05, 0.1) is 0 Å². The van der Waals surface area contributed by atoms with Crippen molar-refractivity contribution in [2.75, 3.05) is 6.54 Å². The van der Waals surface area contributed by atoms with Crippen LogP contribution >= 0.6 is 0 Å². The molecule has 0 spiro atoms. The van der Waals surface area contributed by atoms with E-state index in [1.807, 2.05) is 0 Å². The highest BCUT2D eigenvalue weighted by Crippen LogP contribution is 2.49. The van der Waals surface area contributed by atoms with Gasteiger partial charge in [-0.2, -0.15) is 13.2 Å². The molecule has 0 amide bonds. The van der Waals surface area contributed by atoms with Crippen LogP contribution in [0.25, 0.3) is 0 Å². The van der Waals surface area contributed by atoms with Crippen LogP contribution in [0.2, 0.25) is 0 Å². The monoisotopic (exact) mass is 222 g/mol. The number of nitrogens with two attached hydrogens (primary N) is 1. The van der Waals surface area contributed by atoms with Crippen LogP contribution in [0.3, 0.4) is 0 Å². The number of rotatable bonds is 3. The maximum Gasteiger partial charge on any atom is 0.406 e. The van der Waals surface area contributed by atoms with Gasteiger partial charge in [0.15, 0.2) is 0 Å². The zero-order valence-electron chi connectivity index (χ0n) is 8.61. The lowest BCUT2D eigenvalue weighted by atomic mass is 10.1. The van der Waals surface area contributed by atoms with Crippen LogP contribution in [0.1, 0.15) is 32.1 Å². The van der Waals surface area contributed by atoms with E-state index >= 15 is 0 Å². The highest BCUT2D eigenvalue weighted by atomic mass is 19.4. The van der Waals surface area contributed by atoms with Gasteiger partial charge in [0.1, 0.15) is 5.54 Å². The third-order valence-electron chi connectivity index (χ3n) is 3.60. The first-order valence-electron chi connectivity index (χ1n) is 5.50. The van der Waals surface area contributed by atoms with Crippen LogP contribution in [-0.4, -0.2) is 24.3 Å². The van der Waals surface area contributed by atoms with Crippen LogP contribution in [0, 0.1) is 5.92 Å².